The largest absolute Gasteiger partial charge is 0.351 e. The fourth-order valence-corrected chi connectivity index (χ4v) is 6.07. The van der Waals surface area contributed by atoms with E-state index < -0.39 is 21.3 Å². The van der Waals surface area contributed by atoms with E-state index in [1.165, 1.54) is 12.1 Å². The Hall–Kier alpha value is -4.23. The number of fused-ring (bicyclic) bond motifs is 1. The molecule has 2 atom stereocenters. The molecule has 5 aromatic rings. The summed E-state index contributed by atoms with van der Waals surface area (Å²) >= 11 is 0. The van der Waals surface area contributed by atoms with E-state index in [0.29, 0.717) is 19.0 Å². The molecule has 0 bridgehead atoms. The van der Waals surface area contributed by atoms with Crippen molar-refractivity contribution in [1.29, 1.82) is 0 Å². The third-order valence-corrected chi connectivity index (χ3v) is 9.48. The molecule has 4 aromatic heterocycles. The maximum atomic E-state index is 13.7. The molecular weight excluding hydrogens is 567 g/mol. The number of nitrogens with one attached hydrogen (secondary N) is 1. The molecule has 5 heterocycles. The van der Waals surface area contributed by atoms with Crippen molar-refractivity contribution < 1.29 is 8.60 Å². The van der Waals surface area contributed by atoms with E-state index in [2.05, 4.69) is 35.8 Å². The summed E-state index contributed by atoms with van der Waals surface area (Å²) in [5, 5.41) is 8.70. The van der Waals surface area contributed by atoms with Gasteiger partial charge in [-0.15, -0.1) is 0 Å². The van der Waals surface area contributed by atoms with Crippen molar-refractivity contribution in [2.24, 2.45) is 7.05 Å². The zero-order chi connectivity index (χ0) is 30.4. The molecule has 1 aromatic carbocycles. The topological polar surface area (TPSA) is 109 Å². The minimum absolute atomic E-state index is 0.331. The van der Waals surface area contributed by atoms with Crippen molar-refractivity contribution in [1.82, 2.24) is 39.1 Å². The van der Waals surface area contributed by atoms with Crippen LogP contribution in [0.4, 0.5) is 16.2 Å². The Morgan fingerprint density at radius 3 is 2.14 bits per heavy atom. The monoisotopic (exact) mass is 602 g/mol. The van der Waals surface area contributed by atoms with Crippen molar-refractivity contribution >= 4 is 28.3 Å². The first-order valence-electron chi connectivity index (χ1n) is 14.1. The molecular formula is C30H35FN10OS. The summed E-state index contributed by atoms with van der Waals surface area (Å²) in [6, 6.07) is 8.31. The molecule has 13 heteroatoms. The Morgan fingerprint density at radius 1 is 0.837 bits per heavy atom. The average molecular weight is 603 g/mol. The highest BCUT2D eigenvalue weighted by molar-refractivity contribution is 7.84. The first kappa shape index (κ1) is 28.9. The Labute approximate surface area is 252 Å². The second kappa shape index (κ2) is 11.1. The lowest BCUT2D eigenvalue weighted by Gasteiger charge is -2.36. The maximum Gasteiger partial charge on any atom is 0.225 e. The molecule has 224 valence electrons. The van der Waals surface area contributed by atoms with Crippen LogP contribution in [0.15, 0.2) is 67.6 Å². The van der Waals surface area contributed by atoms with Crippen LogP contribution >= 0.6 is 0 Å². The smallest absolute Gasteiger partial charge is 0.225 e. The first-order chi connectivity index (χ1) is 20.5. The van der Waals surface area contributed by atoms with Gasteiger partial charge in [0.2, 0.25) is 5.95 Å². The number of piperazine rings is 1. The van der Waals surface area contributed by atoms with Crippen LogP contribution in [-0.2, 0) is 23.6 Å². The summed E-state index contributed by atoms with van der Waals surface area (Å²) in [4.78, 5) is 18.5. The van der Waals surface area contributed by atoms with E-state index in [4.69, 9.17) is 9.97 Å². The van der Waals surface area contributed by atoms with E-state index in [-0.39, 0.29) is 5.82 Å². The van der Waals surface area contributed by atoms with Gasteiger partial charge in [0.05, 0.1) is 27.5 Å². The number of rotatable bonds is 7. The van der Waals surface area contributed by atoms with Gasteiger partial charge in [0.1, 0.15) is 17.7 Å². The van der Waals surface area contributed by atoms with Gasteiger partial charge >= 0.3 is 0 Å². The maximum absolute atomic E-state index is 13.7. The lowest BCUT2D eigenvalue weighted by molar-refractivity contribution is 0.518. The van der Waals surface area contributed by atoms with Crippen molar-refractivity contribution in [3.63, 3.8) is 0 Å². The highest BCUT2D eigenvalue weighted by Crippen LogP contribution is 2.32. The average Bonchev–Trinajstić information content (AvgIpc) is 3.63. The van der Waals surface area contributed by atoms with Crippen LogP contribution in [0.2, 0.25) is 0 Å². The predicted octanol–water partition coefficient (Wildman–Crippen LogP) is 3.70. The Bertz CT molecular complexity index is 1750. The molecule has 6 rings (SSSR count). The van der Waals surface area contributed by atoms with Crippen molar-refractivity contribution in [2.75, 3.05) is 36.0 Å². The molecule has 1 fully saturated rings. The van der Waals surface area contributed by atoms with Gasteiger partial charge in [-0.3, -0.25) is 4.68 Å². The zero-order valence-corrected chi connectivity index (χ0v) is 25.7. The Morgan fingerprint density at radius 2 is 1.51 bits per heavy atom. The lowest BCUT2D eigenvalue weighted by Crippen LogP contribution is -2.48. The normalized spacial score (nSPS) is 16.4. The van der Waals surface area contributed by atoms with Crippen LogP contribution in [0.5, 0.6) is 0 Å². The van der Waals surface area contributed by atoms with Crippen molar-refractivity contribution in [3.05, 3.63) is 84.6 Å². The van der Waals surface area contributed by atoms with Crippen molar-refractivity contribution in [2.45, 2.75) is 38.0 Å². The minimum Gasteiger partial charge on any atom is -0.351 e. The van der Waals surface area contributed by atoms with Gasteiger partial charge in [0.15, 0.2) is 5.82 Å². The molecule has 1 saturated heterocycles. The van der Waals surface area contributed by atoms with Crippen LogP contribution in [0, 0.1) is 5.82 Å². The van der Waals surface area contributed by atoms with Crippen molar-refractivity contribution in [3.8, 4) is 11.1 Å². The predicted molar refractivity (Wildman–Crippen MR) is 166 cm³/mol. The van der Waals surface area contributed by atoms with Crippen LogP contribution in [0.1, 0.15) is 38.8 Å². The number of hydrogen-bond donors (Lipinski definition) is 1. The van der Waals surface area contributed by atoms with Gasteiger partial charge in [-0.2, -0.15) is 10.2 Å². The van der Waals surface area contributed by atoms with E-state index in [1.54, 1.807) is 35.5 Å². The van der Waals surface area contributed by atoms with Crippen LogP contribution in [0.25, 0.3) is 16.6 Å². The molecule has 0 saturated carbocycles. The van der Waals surface area contributed by atoms with E-state index in [9.17, 15) is 8.60 Å². The second-order valence-corrected chi connectivity index (χ2v) is 13.9. The standard InChI is InChI=1S/C30H35FN10OS/c1-29(2,3)43(42)37-30(4,23-6-8-25(31)9-7-23)24-16-32-28(33-17-24)40-12-10-39(11-13-40)27-26-14-21(19-41(26)36-20-34-27)22-15-35-38(5)18-22/h6-9,14-20,37H,10-13H2,1-5H3. The molecule has 1 aliphatic rings. The van der Waals surface area contributed by atoms with Gasteiger partial charge < -0.3 is 9.80 Å². The summed E-state index contributed by atoms with van der Waals surface area (Å²) in [6.45, 7) is 10.6. The van der Waals surface area contributed by atoms with E-state index in [1.807, 2.05) is 57.8 Å². The van der Waals surface area contributed by atoms with Crippen LogP contribution < -0.4 is 14.5 Å². The number of nitrogens with zero attached hydrogens (tertiary/aromatic N) is 9. The summed E-state index contributed by atoms with van der Waals surface area (Å²) in [5.41, 5.74) is 3.61. The van der Waals surface area contributed by atoms with E-state index >= 15 is 0 Å². The summed E-state index contributed by atoms with van der Waals surface area (Å²) < 4.78 is 33.3. The van der Waals surface area contributed by atoms with E-state index in [0.717, 1.165) is 46.7 Å². The minimum atomic E-state index is -1.40. The SMILES string of the molecule is Cn1cc(-c2cc3c(N4CCN(c5ncc(C(C)(NS(=O)C(C)(C)C)c6ccc(F)cc6)cn5)CC4)ncnn3c2)cn1. The number of aromatic nitrogens is 7. The van der Waals surface area contributed by atoms with Crippen LogP contribution in [0.3, 0.4) is 0 Å². The summed E-state index contributed by atoms with van der Waals surface area (Å²) in [6.07, 6.45) is 10.9. The third-order valence-electron chi connectivity index (χ3n) is 7.78. The van der Waals surface area contributed by atoms with Gasteiger partial charge in [0, 0.05) is 74.7 Å². The zero-order valence-electron chi connectivity index (χ0n) is 24.9. The van der Waals surface area contributed by atoms with Gasteiger partial charge in [-0.25, -0.2) is 32.8 Å². The summed E-state index contributed by atoms with van der Waals surface area (Å²) in [5.74, 6) is 1.17. The molecule has 11 nitrogen and oxygen atoms in total. The first-order valence-corrected chi connectivity index (χ1v) is 15.3. The molecule has 1 aliphatic heterocycles. The molecule has 43 heavy (non-hydrogen) atoms. The Balaban J connectivity index is 1.20. The highest BCUT2D eigenvalue weighted by Gasteiger charge is 2.35. The molecule has 0 aliphatic carbocycles. The highest BCUT2D eigenvalue weighted by atomic mass is 32.2. The van der Waals surface area contributed by atoms with Crippen LogP contribution in [-0.4, -0.2) is 69.5 Å². The third kappa shape index (κ3) is 5.74. The number of hydrogen-bond acceptors (Lipinski definition) is 8. The number of halogens is 1. The number of aryl methyl sites for hydroxylation is 1. The molecule has 1 N–H and O–H groups in total. The fraction of sp³-hybridized carbons (Fsp3) is 0.367. The van der Waals surface area contributed by atoms with Gasteiger partial charge in [-0.05, 0) is 51.5 Å². The fourth-order valence-electron chi connectivity index (χ4n) is 5.16. The summed E-state index contributed by atoms with van der Waals surface area (Å²) in [7, 11) is 0.505. The quantitative estimate of drug-likeness (QED) is 0.301. The number of anilines is 2. The molecule has 0 spiro atoms. The molecule has 2 unspecified atom stereocenters. The van der Waals surface area contributed by atoms with Gasteiger partial charge in [0.25, 0.3) is 0 Å². The number of benzene rings is 1. The Kier molecular flexibility index (Phi) is 7.46. The molecule has 0 radical (unpaired) electrons. The van der Waals surface area contributed by atoms with Gasteiger partial charge in [-0.1, -0.05) is 12.1 Å². The molecule has 0 amide bonds. The second-order valence-electron chi connectivity index (χ2n) is 11.9. The lowest BCUT2D eigenvalue weighted by atomic mass is 9.87.